The SMILES string of the molecule is COc1cccc(OC)c1[C@@H](C)C(=O)O. The molecule has 0 unspecified atom stereocenters. The lowest BCUT2D eigenvalue weighted by Gasteiger charge is -2.15. The van der Waals surface area contributed by atoms with Gasteiger partial charge in [0.2, 0.25) is 0 Å². The van der Waals surface area contributed by atoms with Crippen molar-refractivity contribution in [1.29, 1.82) is 0 Å². The van der Waals surface area contributed by atoms with Crippen LogP contribution in [0.25, 0.3) is 0 Å². The van der Waals surface area contributed by atoms with Gasteiger partial charge in [-0.15, -0.1) is 0 Å². The number of carboxylic acid groups (broad SMARTS) is 1. The summed E-state index contributed by atoms with van der Waals surface area (Å²) in [6, 6.07) is 5.20. The van der Waals surface area contributed by atoms with Gasteiger partial charge in [0, 0.05) is 0 Å². The Morgan fingerprint density at radius 3 is 2.07 bits per heavy atom. The lowest BCUT2D eigenvalue weighted by atomic mass is 9.99. The maximum Gasteiger partial charge on any atom is 0.310 e. The van der Waals surface area contributed by atoms with E-state index in [9.17, 15) is 4.79 Å². The van der Waals surface area contributed by atoms with Crippen LogP contribution in [0.3, 0.4) is 0 Å². The summed E-state index contributed by atoms with van der Waals surface area (Å²) < 4.78 is 10.2. The van der Waals surface area contributed by atoms with E-state index in [0.717, 1.165) is 0 Å². The third-order valence-corrected chi connectivity index (χ3v) is 2.27. The average molecular weight is 210 g/mol. The highest BCUT2D eigenvalue weighted by Crippen LogP contribution is 2.34. The van der Waals surface area contributed by atoms with Crippen LogP contribution >= 0.6 is 0 Å². The molecule has 1 aromatic carbocycles. The van der Waals surface area contributed by atoms with E-state index in [1.165, 1.54) is 14.2 Å². The molecule has 82 valence electrons. The van der Waals surface area contributed by atoms with Gasteiger partial charge in [-0.05, 0) is 19.1 Å². The quantitative estimate of drug-likeness (QED) is 0.824. The molecule has 0 spiro atoms. The normalized spacial score (nSPS) is 11.9. The molecule has 0 aliphatic heterocycles. The zero-order valence-electron chi connectivity index (χ0n) is 8.98. The topological polar surface area (TPSA) is 55.8 Å². The summed E-state index contributed by atoms with van der Waals surface area (Å²) in [5.74, 6) is -0.498. The van der Waals surface area contributed by atoms with Crippen molar-refractivity contribution < 1.29 is 19.4 Å². The van der Waals surface area contributed by atoms with Crippen LogP contribution in [0.15, 0.2) is 18.2 Å². The second-order valence-electron chi connectivity index (χ2n) is 3.14. The van der Waals surface area contributed by atoms with Gasteiger partial charge < -0.3 is 14.6 Å². The first-order chi connectivity index (χ1) is 7.11. The van der Waals surface area contributed by atoms with E-state index in [-0.39, 0.29) is 0 Å². The fraction of sp³-hybridized carbons (Fsp3) is 0.364. The molecule has 1 N–H and O–H groups in total. The molecule has 0 saturated carbocycles. The van der Waals surface area contributed by atoms with E-state index >= 15 is 0 Å². The summed E-state index contributed by atoms with van der Waals surface area (Å²) in [4.78, 5) is 10.9. The molecule has 0 amide bonds. The lowest BCUT2D eigenvalue weighted by Crippen LogP contribution is -2.10. The maximum atomic E-state index is 10.9. The Labute approximate surface area is 88.4 Å². The number of methoxy groups -OCH3 is 2. The second kappa shape index (κ2) is 4.68. The summed E-state index contributed by atoms with van der Waals surface area (Å²) in [6.45, 7) is 1.60. The number of benzene rings is 1. The molecular weight excluding hydrogens is 196 g/mol. The van der Waals surface area contributed by atoms with Crippen molar-refractivity contribution in [2.75, 3.05) is 14.2 Å². The molecule has 0 fully saturated rings. The van der Waals surface area contributed by atoms with Crippen molar-refractivity contribution in [2.24, 2.45) is 0 Å². The number of aliphatic carboxylic acids is 1. The molecule has 0 bridgehead atoms. The minimum absolute atomic E-state index is 0.532. The van der Waals surface area contributed by atoms with E-state index in [2.05, 4.69) is 0 Å². The van der Waals surface area contributed by atoms with Gasteiger partial charge in [-0.25, -0.2) is 0 Å². The zero-order valence-corrected chi connectivity index (χ0v) is 8.98. The zero-order chi connectivity index (χ0) is 11.4. The van der Waals surface area contributed by atoms with Crippen LogP contribution in [0.5, 0.6) is 11.5 Å². The first-order valence-corrected chi connectivity index (χ1v) is 4.55. The van der Waals surface area contributed by atoms with Crippen LogP contribution < -0.4 is 9.47 Å². The molecule has 4 nitrogen and oxygen atoms in total. The molecule has 0 radical (unpaired) electrons. The van der Waals surface area contributed by atoms with Crippen molar-refractivity contribution >= 4 is 5.97 Å². The maximum absolute atomic E-state index is 10.9. The highest BCUT2D eigenvalue weighted by atomic mass is 16.5. The first kappa shape index (κ1) is 11.4. The molecule has 0 saturated heterocycles. The Morgan fingerprint density at radius 1 is 1.27 bits per heavy atom. The number of ether oxygens (including phenoxy) is 2. The summed E-state index contributed by atoms with van der Waals surface area (Å²) in [5, 5.41) is 8.96. The van der Waals surface area contributed by atoms with Gasteiger partial charge >= 0.3 is 5.97 Å². The van der Waals surface area contributed by atoms with Crippen LogP contribution in [-0.4, -0.2) is 25.3 Å². The van der Waals surface area contributed by atoms with E-state index in [4.69, 9.17) is 14.6 Å². The first-order valence-electron chi connectivity index (χ1n) is 4.55. The van der Waals surface area contributed by atoms with Crippen molar-refractivity contribution in [3.63, 3.8) is 0 Å². The van der Waals surface area contributed by atoms with Crippen LogP contribution in [0, 0.1) is 0 Å². The van der Waals surface area contributed by atoms with Gasteiger partial charge in [0.1, 0.15) is 11.5 Å². The fourth-order valence-electron chi connectivity index (χ4n) is 1.43. The Morgan fingerprint density at radius 2 is 1.73 bits per heavy atom. The summed E-state index contributed by atoms with van der Waals surface area (Å²) in [7, 11) is 3.01. The van der Waals surface area contributed by atoms with Crippen LogP contribution in [0.4, 0.5) is 0 Å². The van der Waals surface area contributed by atoms with Crippen molar-refractivity contribution in [3.8, 4) is 11.5 Å². The third-order valence-electron chi connectivity index (χ3n) is 2.27. The van der Waals surface area contributed by atoms with Gasteiger partial charge in [-0.2, -0.15) is 0 Å². The minimum Gasteiger partial charge on any atom is -0.496 e. The largest absolute Gasteiger partial charge is 0.496 e. The van der Waals surface area contributed by atoms with E-state index in [1.807, 2.05) is 0 Å². The smallest absolute Gasteiger partial charge is 0.310 e. The fourth-order valence-corrected chi connectivity index (χ4v) is 1.43. The van der Waals surface area contributed by atoms with E-state index < -0.39 is 11.9 Å². The molecule has 0 aliphatic rings. The molecule has 1 rings (SSSR count). The summed E-state index contributed by atoms with van der Waals surface area (Å²) in [5.41, 5.74) is 0.565. The number of carboxylic acids is 1. The molecule has 1 aromatic rings. The monoisotopic (exact) mass is 210 g/mol. The lowest BCUT2D eigenvalue weighted by molar-refractivity contribution is -0.138. The number of carbonyl (C=O) groups is 1. The Kier molecular flexibility index (Phi) is 3.55. The van der Waals surface area contributed by atoms with E-state index in [1.54, 1.807) is 25.1 Å². The molecular formula is C11H14O4. The third kappa shape index (κ3) is 2.21. The Hall–Kier alpha value is -1.71. The van der Waals surface area contributed by atoms with Gasteiger partial charge in [0.15, 0.2) is 0 Å². The predicted octanol–water partition coefficient (Wildman–Crippen LogP) is 1.89. The van der Waals surface area contributed by atoms with Crippen LogP contribution in [0.1, 0.15) is 18.4 Å². The average Bonchev–Trinajstić information content (AvgIpc) is 2.26. The predicted molar refractivity (Wildman–Crippen MR) is 55.6 cm³/mol. The van der Waals surface area contributed by atoms with Gasteiger partial charge in [-0.1, -0.05) is 6.07 Å². The molecule has 1 atom stereocenters. The molecule has 0 aromatic heterocycles. The van der Waals surface area contributed by atoms with Crippen LogP contribution in [-0.2, 0) is 4.79 Å². The second-order valence-corrected chi connectivity index (χ2v) is 3.14. The Balaban J connectivity index is 3.27. The Bertz CT molecular complexity index is 337. The van der Waals surface area contributed by atoms with Crippen molar-refractivity contribution in [2.45, 2.75) is 12.8 Å². The van der Waals surface area contributed by atoms with Crippen molar-refractivity contribution in [1.82, 2.24) is 0 Å². The number of hydrogen-bond acceptors (Lipinski definition) is 3. The number of rotatable bonds is 4. The summed E-state index contributed by atoms with van der Waals surface area (Å²) >= 11 is 0. The molecule has 0 heterocycles. The van der Waals surface area contributed by atoms with E-state index in [0.29, 0.717) is 17.1 Å². The molecule has 15 heavy (non-hydrogen) atoms. The van der Waals surface area contributed by atoms with Gasteiger partial charge in [0.05, 0.1) is 25.7 Å². The van der Waals surface area contributed by atoms with Crippen molar-refractivity contribution in [3.05, 3.63) is 23.8 Å². The van der Waals surface area contributed by atoms with Gasteiger partial charge in [-0.3, -0.25) is 4.79 Å². The number of hydrogen-bond donors (Lipinski definition) is 1. The highest BCUT2D eigenvalue weighted by molar-refractivity contribution is 5.78. The molecule has 0 aliphatic carbocycles. The molecule has 4 heteroatoms. The standard InChI is InChI=1S/C11H14O4/c1-7(11(12)13)10-8(14-2)5-4-6-9(10)15-3/h4-7H,1-3H3,(H,12,13)/t7-/m1/s1. The summed E-state index contributed by atoms with van der Waals surface area (Å²) in [6.07, 6.45) is 0. The van der Waals surface area contributed by atoms with Gasteiger partial charge in [0.25, 0.3) is 0 Å². The minimum atomic E-state index is -0.905. The van der Waals surface area contributed by atoms with Crippen LogP contribution in [0.2, 0.25) is 0 Å². The highest BCUT2D eigenvalue weighted by Gasteiger charge is 2.22.